The Labute approximate surface area is 283 Å². The molecule has 4 rings (SSSR count). The number of aryl methyl sites for hydroxylation is 1. The molecule has 0 spiro atoms. The Morgan fingerprint density at radius 2 is 1.69 bits per heavy atom. The fourth-order valence-electron chi connectivity index (χ4n) is 6.18. The van der Waals surface area contributed by atoms with Crippen molar-refractivity contribution in [3.8, 4) is 0 Å². The van der Waals surface area contributed by atoms with Gasteiger partial charge in [-0.3, -0.25) is 19.7 Å². The number of hydrogen-bond donors (Lipinski definition) is 3. The lowest BCUT2D eigenvalue weighted by atomic mass is 9.82. The lowest BCUT2D eigenvalue weighted by molar-refractivity contribution is -0.385. The van der Waals surface area contributed by atoms with Gasteiger partial charge in [0.15, 0.2) is 0 Å². The molecule has 1 atom stereocenters. The number of amides is 2. The van der Waals surface area contributed by atoms with Crippen LogP contribution in [0.2, 0.25) is 0 Å². The normalized spacial score (nSPS) is 14.3. The van der Waals surface area contributed by atoms with Gasteiger partial charge < -0.3 is 15.5 Å². The maximum atomic E-state index is 13.8. The summed E-state index contributed by atoms with van der Waals surface area (Å²) in [7, 11) is -2.11. The van der Waals surface area contributed by atoms with Crippen molar-refractivity contribution < 1.29 is 22.9 Å². The quantitative estimate of drug-likeness (QED) is 0.121. The Balaban J connectivity index is 1.57. The van der Waals surface area contributed by atoms with Gasteiger partial charge in [-0.2, -0.15) is 0 Å². The zero-order valence-corrected chi connectivity index (χ0v) is 29.0. The predicted octanol–water partition coefficient (Wildman–Crippen LogP) is 6.57. The van der Waals surface area contributed by atoms with Gasteiger partial charge in [-0.1, -0.05) is 69.5 Å². The van der Waals surface area contributed by atoms with E-state index in [4.69, 9.17) is 0 Å². The van der Waals surface area contributed by atoms with E-state index >= 15 is 0 Å². The molecule has 258 valence electrons. The van der Waals surface area contributed by atoms with E-state index in [1.54, 1.807) is 55.5 Å². The second-order valence-electron chi connectivity index (χ2n) is 13.1. The van der Waals surface area contributed by atoms with Crippen LogP contribution in [0.25, 0.3) is 0 Å². The molecule has 1 aliphatic carbocycles. The van der Waals surface area contributed by atoms with Crippen molar-refractivity contribution in [3.05, 3.63) is 93.5 Å². The van der Waals surface area contributed by atoms with Gasteiger partial charge in [-0.05, 0) is 67.9 Å². The third-order valence-electron chi connectivity index (χ3n) is 8.94. The van der Waals surface area contributed by atoms with Crippen molar-refractivity contribution in [1.82, 2.24) is 10.0 Å². The number of nitrogens with zero attached hydrogens (tertiary/aromatic N) is 2. The van der Waals surface area contributed by atoms with E-state index in [-0.39, 0.29) is 35.4 Å². The number of benzene rings is 3. The lowest BCUT2D eigenvalue weighted by Gasteiger charge is -2.31. The van der Waals surface area contributed by atoms with Gasteiger partial charge in [0.1, 0.15) is 0 Å². The van der Waals surface area contributed by atoms with Crippen LogP contribution in [-0.4, -0.2) is 44.8 Å². The van der Waals surface area contributed by atoms with Crippen LogP contribution >= 0.6 is 0 Å². The lowest BCUT2D eigenvalue weighted by Crippen LogP contribution is -2.45. The molecule has 3 aromatic carbocycles. The summed E-state index contributed by atoms with van der Waals surface area (Å²) in [5.41, 5.74) is 2.89. The second kappa shape index (κ2) is 16.6. The molecule has 1 saturated carbocycles. The van der Waals surface area contributed by atoms with Crippen LogP contribution in [0.3, 0.4) is 0 Å². The average molecular weight is 678 g/mol. The molecule has 0 saturated heterocycles. The molecule has 11 nitrogen and oxygen atoms in total. The smallest absolute Gasteiger partial charge is 0.274 e. The number of nitrogens with one attached hydrogen (secondary N) is 3. The van der Waals surface area contributed by atoms with E-state index in [2.05, 4.69) is 34.1 Å². The summed E-state index contributed by atoms with van der Waals surface area (Å²) in [6.07, 6.45) is 5.43. The number of para-hydroxylation sites is 1. The number of carbonyl (C=O) groups is 2. The molecule has 2 amide bonds. The van der Waals surface area contributed by atoms with Crippen LogP contribution in [0.5, 0.6) is 0 Å². The maximum Gasteiger partial charge on any atom is 0.274 e. The highest BCUT2D eigenvalue weighted by Crippen LogP contribution is 2.31. The molecule has 0 bridgehead atoms. The summed E-state index contributed by atoms with van der Waals surface area (Å²) in [4.78, 5) is 40.3. The number of carbonyl (C=O) groups excluding carboxylic acids is 2. The van der Waals surface area contributed by atoms with Gasteiger partial charge in [0.2, 0.25) is 5.91 Å². The molecule has 12 heteroatoms. The molecule has 0 aliphatic heterocycles. The second-order valence-corrected chi connectivity index (χ2v) is 14.7. The molecule has 0 radical (unpaired) electrons. The SMILES string of the molecule is Cc1ccccc1S(=O)(=O)NC(=O)CC(NC(=O)c1ccc(N(C)CCC(C)C)c(NCc2ccccc2[N+](=O)[O-])c1)C1CCCCC1. The van der Waals surface area contributed by atoms with E-state index in [1.807, 2.05) is 13.1 Å². The molecule has 1 fully saturated rings. The van der Waals surface area contributed by atoms with Crippen molar-refractivity contribution in [1.29, 1.82) is 0 Å². The van der Waals surface area contributed by atoms with Gasteiger partial charge >= 0.3 is 0 Å². The van der Waals surface area contributed by atoms with E-state index < -0.39 is 26.9 Å². The van der Waals surface area contributed by atoms with Gasteiger partial charge in [0, 0.05) is 49.8 Å². The van der Waals surface area contributed by atoms with E-state index in [1.165, 1.54) is 12.1 Å². The van der Waals surface area contributed by atoms with Crippen molar-refractivity contribution in [3.63, 3.8) is 0 Å². The minimum atomic E-state index is -4.08. The maximum absolute atomic E-state index is 13.8. The summed E-state index contributed by atoms with van der Waals surface area (Å²) in [5.74, 6) is -0.554. The minimum absolute atomic E-state index is 0.00616. The van der Waals surface area contributed by atoms with Gasteiger partial charge in [0.05, 0.1) is 21.2 Å². The first-order chi connectivity index (χ1) is 22.9. The first-order valence-electron chi connectivity index (χ1n) is 16.6. The van der Waals surface area contributed by atoms with E-state index in [0.717, 1.165) is 50.8 Å². The van der Waals surface area contributed by atoms with Gasteiger partial charge in [-0.25, -0.2) is 13.1 Å². The van der Waals surface area contributed by atoms with E-state index in [9.17, 15) is 28.1 Å². The highest BCUT2D eigenvalue weighted by Gasteiger charge is 2.30. The highest BCUT2D eigenvalue weighted by atomic mass is 32.2. The van der Waals surface area contributed by atoms with Crippen LogP contribution in [0.4, 0.5) is 17.1 Å². The predicted molar refractivity (Wildman–Crippen MR) is 189 cm³/mol. The number of sulfonamides is 1. The Hall–Kier alpha value is -4.45. The standard InChI is InChI=1S/C36H47N5O6S/c1-25(2)20-21-40(4)33-19-18-28(22-31(33)37-24-29-15-9-10-16-32(29)41(44)45)36(43)38-30(27-13-6-5-7-14-27)23-35(42)39-48(46,47)34-17-11-8-12-26(34)3/h8-12,15-19,22,25,27,30,37H,5-7,13-14,20-21,23-24H2,1-4H3,(H,38,43)(H,39,42). The van der Waals surface area contributed by atoms with Gasteiger partial charge in [0.25, 0.3) is 21.6 Å². The summed E-state index contributed by atoms with van der Waals surface area (Å²) in [6, 6.07) is 17.7. The zero-order valence-electron chi connectivity index (χ0n) is 28.2. The highest BCUT2D eigenvalue weighted by molar-refractivity contribution is 7.90. The van der Waals surface area contributed by atoms with Crippen molar-refractivity contribution >= 4 is 38.9 Å². The average Bonchev–Trinajstić information content (AvgIpc) is 3.06. The molecule has 0 aromatic heterocycles. The van der Waals surface area contributed by atoms with Crippen molar-refractivity contribution in [2.24, 2.45) is 11.8 Å². The molecule has 1 aliphatic rings. The van der Waals surface area contributed by atoms with Crippen LogP contribution in [0.15, 0.2) is 71.6 Å². The van der Waals surface area contributed by atoms with Crippen LogP contribution < -0.4 is 20.3 Å². The number of rotatable bonds is 15. The Morgan fingerprint density at radius 1 is 1.00 bits per heavy atom. The summed E-state index contributed by atoms with van der Waals surface area (Å²) in [5, 5.41) is 18.0. The molecule has 48 heavy (non-hydrogen) atoms. The summed E-state index contributed by atoms with van der Waals surface area (Å²) < 4.78 is 28.3. The van der Waals surface area contributed by atoms with Crippen LogP contribution in [0.1, 0.15) is 80.3 Å². The zero-order chi connectivity index (χ0) is 34.8. The monoisotopic (exact) mass is 677 g/mol. The molecule has 1 unspecified atom stereocenters. The molecule has 3 aromatic rings. The fraction of sp³-hybridized carbons (Fsp3) is 0.444. The number of hydrogen-bond acceptors (Lipinski definition) is 8. The minimum Gasteiger partial charge on any atom is -0.379 e. The molecule has 0 heterocycles. The Morgan fingerprint density at radius 3 is 2.38 bits per heavy atom. The third kappa shape index (κ3) is 9.79. The van der Waals surface area contributed by atoms with E-state index in [0.29, 0.717) is 28.3 Å². The topological polar surface area (TPSA) is 151 Å². The molecular formula is C36H47N5O6S. The molecule has 3 N–H and O–H groups in total. The van der Waals surface area contributed by atoms with Crippen molar-refractivity contribution in [2.75, 3.05) is 23.8 Å². The number of anilines is 2. The first kappa shape index (κ1) is 36.4. The van der Waals surface area contributed by atoms with Gasteiger partial charge in [-0.15, -0.1) is 0 Å². The fourth-order valence-corrected chi connectivity index (χ4v) is 7.42. The van der Waals surface area contributed by atoms with Crippen LogP contribution in [0, 0.1) is 28.9 Å². The summed E-state index contributed by atoms with van der Waals surface area (Å²) in [6.45, 7) is 6.91. The Bertz CT molecular complexity index is 1700. The Kier molecular flexibility index (Phi) is 12.6. The summed E-state index contributed by atoms with van der Waals surface area (Å²) >= 11 is 0. The number of nitro groups is 1. The number of nitro benzene ring substituents is 1. The first-order valence-corrected chi connectivity index (χ1v) is 18.1. The third-order valence-corrected chi connectivity index (χ3v) is 10.5. The van der Waals surface area contributed by atoms with Crippen LogP contribution in [-0.2, 0) is 21.4 Å². The van der Waals surface area contributed by atoms with Crippen molar-refractivity contribution in [2.45, 2.75) is 83.2 Å². The molecular weight excluding hydrogens is 630 g/mol. The largest absolute Gasteiger partial charge is 0.379 e.